The van der Waals surface area contributed by atoms with Gasteiger partial charge in [-0.2, -0.15) is 11.3 Å². The zero-order chi connectivity index (χ0) is 10.7. The fraction of sp³-hybridized carbons (Fsp3) is 0.692. The van der Waals surface area contributed by atoms with Gasteiger partial charge in [0.25, 0.3) is 0 Å². The van der Waals surface area contributed by atoms with Gasteiger partial charge in [0.2, 0.25) is 0 Å². The molecule has 1 heterocycles. The summed E-state index contributed by atoms with van der Waals surface area (Å²) in [5.74, 6) is 0.892. The maximum absolute atomic E-state index is 6.44. The summed E-state index contributed by atoms with van der Waals surface area (Å²) in [5, 5.41) is 4.40. The predicted molar refractivity (Wildman–Crippen MR) is 67.2 cm³/mol. The lowest BCUT2D eigenvalue weighted by atomic mass is 9.75. The zero-order valence-electron chi connectivity index (χ0n) is 9.54. The fourth-order valence-electron chi connectivity index (χ4n) is 2.42. The second kappa shape index (κ2) is 4.67. The molecule has 1 nitrogen and oxygen atoms in total. The molecule has 1 fully saturated rings. The molecule has 1 saturated carbocycles. The lowest BCUT2D eigenvalue weighted by Gasteiger charge is -2.36. The minimum absolute atomic E-state index is 0.133. The Morgan fingerprint density at radius 3 is 2.80 bits per heavy atom. The molecule has 0 bridgehead atoms. The van der Waals surface area contributed by atoms with Crippen LogP contribution in [-0.2, 0) is 6.42 Å². The van der Waals surface area contributed by atoms with E-state index in [-0.39, 0.29) is 5.54 Å². The molecule has 84 valence electrons. The number of thiophene rings is 1. The van der Waals surface area contributed by atoms with Gasteiger partial charge in [0.1, 0.15) is 0 Å². The van der Waals surface area contributed by atoms with Crippen LogP contribution in [0, 0.1) is 5.92 Å². The van der Waals surface area contributed by atoms with Gasteiger partial charge in [-0.15, -0.1) is 0 Å². The first-order chi connectivity index (χ1) is 7.18. The first-order valence-electron chi connectivity index (χ1n) is 5.98. The summed E-state index contributed by atoms with van der Waals surface area (Å²) in [6.45, 7) is 2.35. The Morgan fingerprint density at radius 1 is 1.47 bits per heavy atom. The Kier molecular flexibility index (Phi) is 3.47. The highest BCUT2D eigenvalue weighted by Gasteiger charge is 2.29. The highest BCUT2D eigenvalue weighted by molar-refractivity contribution is 7.07. The largest absolute Gasteiger partial charge is 0.325 e. The number of hydrogen-bond acceptors (Lipinski definition) is 2. The molecule has 2 heteroatoms. The Labute approximate surface area is 96.7 Å². The first kappa shape index (κ1) is 11.2. The van der Waals surface area contributed by atoms with E-state index in [1.165, 1.54) is 31.2 Å². The quantitative estimate of drug-likeness (QED) is 0.832. The van der Waals surface area contributed by atoms with E-state index in [1.54, 1.807) is 11.3 Å². The van der Waals surface area contributed by atoms with Gasteiger partial charge in [0.15, 0.2) is 0 Å². The van der Waals surface area contributed by atoms with Crippen molar-refractivity contribution in [3.05, 3.63) is 22.4 Å². The van der Waals surface area contributed by atoms with Crippen molar-refractivity contribution >= 4 is 11.3 Å². The van der Waals surface area contributed by atoms with Crippen molar-refractivity contribution in [3.8, 4) is 0 Å². The van der Waals surface area contributed by atoms with Gasteiger partial charge < -0.3 is 5.73 Å². The van der Waals surface area contributed by atoms with E-state index in [0.717, 1.165) is 18.8 Å². The van der Waals surface area contributed by atoms with E-state index in [2.05, 4.69) is 23.8 Å². The summed E-state index contributed by atoms with van der Waals surface area (Å²) in [4.78, 5) is 0. The molecule has 2 N–H and O–H groups in total. The lowest BCUT2D eigenvalue weighted by Crippen LogP contribution is -2.43. The Hall–Kier alpha value is -0.340. The molecule has 15 heavy (non-hydrogen) atoms. The molecule has 0 radical (unpaired) electrons. The van der Waals surface area contributed by atoms with Gasteiger partial charge in [-0.05, 0) is 66.8 Å². The number of rotatable bonds is 3. The van der Waals surface area contributed by atoms with Gasteiger partial charge in [0, 0.05) is 5.54 Å². The van der Waals surface area contributed by atoms with E-state index in [0.29, 0.717) is 0 Å². The fourth-order valence-corrected chi connectivity index (χ4v) is 3.12. The second-order valence-corrected chi connectivity index (χ2v) is 5.96. The highest BCUT2D eigenvalue weighted by Crippen LogP contribution is 2.33. The molecule has 0 atom stereocenters. The normalized spacial score (nSPS) is 31.7. The van der Waals surface area contributed by atoms with Gasteiger partial charge in [-0.1, -0.05) is 6.92 Å². The first-order valence-corrected chi connectivity index (χ1v) is 6.92. The zero-order valence-corrected chi connectivity index (χ0v) is 10.4. The van der Waals surface area contributed by atoms with E-state index in [1.807, 2.05) is 0 Å². The van der Waals surface area contributed by atoms with E-state index < -0.39 is 0 Å². The maximum atomic E-state index is 6.44. The van der Waals surface area contributed by atoms with Gasteiger partial charge >= 0.3 is 0 Å². The van der Waals surface area contributed by atoms with Crippen LogP contribution in [0.1, 0.15) is 44.6 Å². The van der Waals surface area contributed by atoms with Crippen LogP contribution in [0.2, 0.25) is 0 Å². The van der Waals surface area contributed by atoms with Crippen molar-refractivity contribution in [2.24, 2.45) is 11.7 Å². The van der Waals surface area contributed by atoms with Gasteiger partial charge in [-0.25, -0.2) is 0 Å². The molecule has 0 spiro atoms. The summed E-state index contributed by atoms with van der Waals surface area (Å²) in [6, 6.07) is 2.22. The van der Waals surface area contributed by atoms with Crippen molar-refractivity contribution < 1.29 is 0 Å². The third-order valence-electron chi connectivity index (χ3n) is 3.76. The van der Waals surface area contributed by atoms with Gasteiger partial charge in [0.05, 0.1) is 0 Å². The standard InChI is InChI=1S/C13H21NS/c1-11-2-6-13(14,7-3-11)8-4-12-5-9-15-10-12/h5,9-11H,2-4,6-8,14H2,1H3. The third-order valence-corrected chi connectivity index (χ3v) is 4.49. The van der Waals surface area contributed by atoms with Crippen molar-refractivity contribution in [1.82, 2.24) is 0 Å². The average molecular weight is 223 g/mol. The minimum atomic E-state index is 0.133. The molecule has 0 aliphatic heterocycles. The summed E-state index contributed by atoms with van der Waals surface area (Å²) >= 11 is 1.78. The molecule has 2 rings (SSSR count). The molecule has 1 aliphatic rings. The van der Waals surface area contributed by atoms with Crippen LogP contribution < -0.4 is 5.73 Å². The molecule has 0 unspecified atom stereocenters. The third kappa shape index (κ3) is 3.05. The summed E-state index contributed by atoms with van der Waals surface area (Å²) in [6.07, 6.45) is 7.40. The Morgan fingerprint density at radius 2 is 2.20 bits per heavy atom. The number of hydrogen-bond donors (Lipinski definition) is 1. The van der Waals surface area contributed by atoms with Gasteiger partial charge in [-0.3, -0.25) is 0 Å². The van der Waals surface area contributed by atoms with Crippen molar-refractivity contribution in [3.63, 3.8) is 0 Å². The topological polar surface area (TPSA) is 26.0 Å². The van der Waals surface area contributed by atoms with Crippen molar-refractivity contribution in [2.45, 2.75) is 51.0 Å². The van der Waals surface area contributed by atoms with Crippen LogP contribution in [-0.4, -0.2) is 5.54 Å². The van der Waals surface area contributed by atoms with E-state index in [4.69, 9.17) is 5.73 Å². The molecule has 1 aliphatic carbocycles. The number of aryl methyl sites for hydroxylation is 1. The molecular weight excluding hydrogens is 202 g/mol. The second-order valence-electron chi connectivity index (χ2n) is 5.18. The monoisotopic (exact) mass is 223 g/mol. The molecule has 0 saturated heterocycles. The summed E-state index contributed by atoms with van der Waals surface area (Å²) in [7, 11) is 0. The van der Waals surface area contributed by atoms with Crippen LogP contribution in [0.5, 0.6) is 0 Å². The summed E-state index contributed by atoms with van der Waals surface area (Å²) < 4.78 is 0. The van der Waals surface area contributed by atoms with E-state index >= 15 is 0 Å². The van der Waals surface area contributed by atoms with Crippen molar-refractivity contribution in [2.75, 3.05) is 0 Å². The molecule has 1 aromatic heterocycles. The molecule has 1 aromatic rings. The van der Waals surface area contributed by atoms with Crippen molar-refractivity contribution in [1.29, 1.82) is 0 Å². The van der Waals surface area contributed by atoms with Crippen LogP contribution >= 0.6 is 11.3 Å². The predicted octanol–water partition coefficient (Wildman–Crippen LogP) is 3.59. The van der Waals surface area contributed by atoms with Crippen LogP contribution in [0.15, 0.2) is 16.8 Å². The molecule has 0 amide bonds. The SMILES string of the molecule is CC1CCC(N)(CCc2ccsc2)CC1. The van der Waals surface area contributed by atoms with Crippen LogP contribution in [0.4, 0.5) is 0 Å². The average Bonchev–Trinajstić information content (AvgIpc) is 2.73. The smallest absolute Gasteiger partial charge is 0.0157 e. The molecular formula is C13H21NS. The summed E-state index contributed by atoms with van der Waals surface area (Å²) in [5.41, 5.74) is 8.04. The van der Waals surface area contributed by atoms with E-state index in [9.17, 15) is 0 Å². The van der Waals surface area contributed by atoms with Crippen LogP contribution in [0.3, 0.4) is 0 Å². The molecule has 0 aromatic carbocycles. The number of nitrogens with two attached hydrogens (primary N) is 1. The Bertz CT molecular complexity index is 283. The van der Waals surface area contributed by atoms with Crippen LogP contribution in [0.25, 0.3) is 0 Å². The lowest BCUT2D eigenvalue weighted by molar-refractivity contribution is 0.232. The highest BCUT2D eigenvalue weighted by atomic mass is 32.1. The maximum Gasteiger partial charge on any atom is 0.0157 e. The Balaban J connectivity index is 1.83. The minimum Gasteiger partial charge on any atom is -0.325 e.